The molecule has 0 aliphatic rings. The molecule has 0 aliphatic heterocycles. The first-order valence-corrected chi connectivity index (χ1v) is 7.08. The van der Waals surface area contributed by atoms with Crippen LogP contribution in [0.3, 0.4) is 0 Å². The highest BCUT2D eigenvalue weighted by atomic mass is 32.2. The van der Waals surface area contributed by atoms with E-state index in [1.807, 2.05) is 10.0 Å². The molecule has 0 aliphatic carbocycles. The van der Waals surface area contributed by atoms with Crippen LogP contribution in [0.15, 0.2) is 29.2 Å². The maximum Gasteiger partial charge on any atom is 0.322 e. The number of sulfonamides is 1. The molecule has 0 radical (unpaired) electrons. The van der Waals surface area contributed by atoms with E-state index in [4.69, 9.17) is 10.8 Å². The minimum atomic E-state index is -3.95. The van der Waals surface area contributed by atoms with E-state index >= 15 is 0 Å². The third-order valence-electron chi connectivity index (χ3n) is 2.31. The lowest BCUT2D eigenvalue weighted by Crippen LogP contribution is -2.38. The molecule has 10 heteroatoms. The van der Waals surface area contributed by atoms with Crippen LogP contribution in [-0.4, -0.2) is 44.4 Å². The normalized spacial score (nSPS) is 10.9. The van der Waals surface area contributed by atoms with Crippen molar-refractivity contribution < 1.29 is 27.9 Å². The second kappa shape index (κ2) is 6.81. The fraction of sp³-hybridized carbons (Fsp3) is 0.182. The lowest BCUT2D eigenvalue weighted by Gasteiger charge is -2.07. The Morgan fingerprint density at radius 3 is 2.14 bits per heavy atom. The maximum absolute atomic E-state index is 11.8. The van der Waals surface area contributed by atoms with Crippen LogP contribution < -0.4 is 15.8 Å². The summed E-state index contributed by atoms with van der Waals surface area (Å²) in [5.41, 5.74) is 5.17. The molecule has 9 nitrogen and oxygen atoms in total. The average molecular weight is 315 g/mol. The van der Waals surface area contributed by atoms with Gasteiger partial charge in [-0.15, -0.1) is 0 Å². The third kappa shape index (κ3) is 5.20. The van der Waals surface area contributed by atoms with Crippen LogP contribution in [0.5, 0.6) is 0 Å². The molecule has 21 heavy (non-hydrogen) atoms. The summed E-state index contributed by atoms with van der Waals surface area (Å²) in [5.74, 6) is -2.72. The summed E-state index contributed by atoms with van der Waals surface area (Å²) in [5, 5.41) is 10.4. The van der Waals surface area contributed by atoms with Gasteiger partial charge in [0, 0.05) is 5.56 Å². The monoisotopic (exact) mass is 315 g/mol. The number of rotatable bonds is 7. The minimum Gasteiger partial charge on any atom is -0.480 e. The van der Waals surface area contributed by atoms with E-state index < -0.39 is 40.9 Å². The summed E-state index contributed by atoms with van der Waals surface area (Å²) in [6.07, 6.45) is 0. The van der Waals surface area contributed by atoms with Gasteiger partial charge < -0.3 is 16.2 Å². The van der Waals surface area contributed by atoms with Gasteiger partial charge in [-0.1, -0.05) is 0 Å². The number of carboxylic acids is 1. The van der Waals surface area contributed by atoms with E-state index in [9.17, 15) is 22.8 Å². The second-order valence-corrected chi connectivity index (χ2v) is 5.65. The Morgan fingerprint density at radius 2 is 1.67 bits per heavy atom. The molecule has 0 aromatic heterocycles. The number of nitrogens with two attached hydrogens (primary N) is 1. The largest absolute Gasteiger partial charge is 0.480 e. The number of carbonyl (C=O) groups excluding carboxylic acids is 2. The van der Waals surface area contributed by atoms with Crippen LogP contribution in [0, 0.1) is 0 Å². The van der Waals surface area contributed by atoms with Gasteiger partial charge in [0.05, 0.1) is 11.4 Å². The zero-order valence-corrected chi connectivity index (χ0v) is 11.5. The maximum atomic E-state index is 11.8. The number of primary amides is 1. The van der Waals surface area contributed by atoms with Crippen LogP contribution in [0.25, 0.3) is 0 Å². The van der Waals surface area contributed by atoms with Gasteiger partial charge in [-0.3, -0.25) is 14.4 Å². The quantitative estimate of drug-likeness (QED) is 0.468. The molecule has 0 bridgehead atoms. The Kier molecular flexibility index (Phi) is 5.38. The second-order valence-electron chi connectivity index (χ2n) is 3.88. The summed E-state index contributed by atoms with van der Waals surface area (Å²) in [4.78, 5) is 32.1. The van der Waals surface area contributed by atoms with E-state index in [1.54, 1.807) is 0 Å². The van der Waals surface area contributed by atoms with Crippen LogP contribution in [-0.2, 0) is 19.6 Å². The van der Waals surface area contributed by atoms with Gasteiger partial charge >= 0.3 is 5.97 Å². The van der Waals surface area contributed by atoms with E-state index in [0.717, 1.165) is 12.1 Å². The van der Waals surface area contributed by atoms with Crippen molar-refractivity contribution in [3.8, 4) is 0 Å². The number of carboxylic acid groups (broad SMARTS) is 1. The smallest absolute Gasteiger partial charge is 0.322 e. The molecule has 0 saturated heterocycles. The van der Waals surface area contributed by atoms with E-state index in [2.05, 4.69) is 0 Å². The molecule has 1 aromatic rings. The fourth-order valence-corrected chi connectivity index (χ4v) is 2.26. The van der Waals surface area contributed by atoms with Crippen LogP contribution in [0.4, 0.5) is 0 Å². The summed E-state index contributed by atoms with van der Waals surface area (Å²) in [6.45, 7) is -1.21. The van der Waals surface area contributed by atoms with Gasteiger partial charge in [0.25, 0.3) is 0 Å². The molecular formula is C11H13N3O6S. The van der Waals surface area contributed by atoms with Crippen LogP contribution >= 0.6 is 0 Å². The van der Waals surface area contributed by atoms with Crippen molar-refractivity contribution in [1.29, 1.82) is 0 Å². The molecule has 114 valence electrons. The molecule has 0 heterocycles. The number of hydrogen-bond acceptors (Lipinski definition) is 5. The van der Waals surface area contributed by atoms with Crippen molar-refractivity contribution >= 4 is 27.8 Å². The first kappa shape index (κ1) is 16.6. The Balaban J connectivity index is 2.67. The SMILES string of the molecule is NC(=O)c1ccc(S(=O)(=O)NCC(=O)NCC(=O)O)cc1. The number of amides is 2. The van der Waals surface area contributed by atoms with Gasteiger partial charge in [-0.2, -0.15) is 0 Å². The number of hydrogen-bond donors (Lipinski definition) is 4. The molecule has 1 rings (SSSR count). The Hall–Kier alpha value is -2.46. The summed E-state index contributed by atoms with van der Waals surface area (Å²) in [7, 11) is -3.95. The molecule has 0 atom stereocenters. The predicted octanol–water partition coefficient (Wildman–Crippen LogP) is -1.74. The van der Waals surface area contributed by atoms with E-state index in [1.165, 1.54) is 12.1 Å². The number of aliphatic carboxylic acids is 1. The zero-order chi connectivity index (χ0) is 16.0. The molecular weight excluding hydrogens is 302 g/mol. The molecule has 5 N–H and O–H groups in total. The number of carbonyl (C=O) groups is 3. The van der Waals surface area contributed by atoms with Crippen molar-refractivity contribution in [1.82, 2.24) is 10.0 Å². The summed E-state index contributed by atoms with van der Waals surface area (Å²) in [6, 6.07) is 4.80. The minimum absolute atomic E-state index is 0.146. The topological polar surface area (TPSA) is 156 Å². The Labute approximate surface area is 120 Å². The van der Waals surface area contributed by atoms with Crippen molar-refractivity contribution in [3.63, 3.8) is 0 Å². The van der Waals surface area contributed by atoms with Gasteiger partial charge in [0.2, 0.25) is 21.8 Å². The van der Waals surface area contributed by atoms with Crippen LogP contribution in [0.2, 0.25) is 0 Å². The zero-order valence-electron chi connectivity index (χ0n) is 10.7. The lowest BCUT2D eigenvalue weighted by atomic mass is 10.2. The van der Waals surface area contributed by atoms with Crippen molar-refractivity contribution in [2.24, 2.45) is 5.73 Å². The molecule has 1 aromatic carbocycles. The predicted molar refractivity (Wildman–Crippen MR) is 70.8 cm³/mol. The highest BCUT2D eigenvalue weighted by Gasteiger charge is 2.16. The van der Waals surface area contributed by atoms with Gasteiger partial charge in [-0.25, -0.2) is 13.1 Å². The van der Waals surface area contributed by atoms with E-state index in [0.29, 0.717) is 0 Å². The Morgan fingerprint density at radius 1 is 1.10 bits per heavy atom. The fourth-order valence-electron chi connectivity index (χ4n) is 1.28. The average Bonchev–Trinajstić information content (AvgIpc) is 2.43. The number of nitrogens with one attached hydrogen (secondary N) is 2. The van der Waals surface area contributed by atoms with E-state index in [-0.39, 0.29) is 10.5 Å². The van der Waals surface area contributed by atoms with Crippen LogP contribution in [0.1, 0.15) is 10.4 Å². The van der Waals surface area contributed by atoms with Gasteiger partial charge in [-0.05, 0) is 24.3 Å². The van der Waals surface area contributed by atoms with Gasteiger partial charge in [0.1, 0.15) is 6.54 Å². The Bertz CT molecular complexity index is 653. The molecule has 0 unspecified atom stereocenters. The highest BCUT2D eigenvalue weighted by molar-refractivity contribution is 7.89. The lowest BCUT2D eigenvalue weighted by molar-refractivity contribution is -0.137. The third-order valence-corrected chi connectivity index (χ3v) is 3.73. The van der Waals surface area contributed by atoms with Crippen molar-refractivity contribution in [2.45, 2.75) is 4.90 Å². The highest BCUT2D eigenvalue weighted by Crippen LogP contribution is 2.09. The van der Waals surface area contributed by atoms with Crippen molar-refractivity contribution in [2.75, 3.05) is 13.1 Å². The molecule has 0 fully saturated rings. The van der Waals surface area contributed by atoms with Crippen molar-refractivity contribution in [3.05, 3.63) is 29.8 Å². The first-order chi connectivity index (χ1) is 9.72. The first-order valence-electron chi connectivity index (χ1n) is 5.60. The summed E-state index contributed by atoms with van der Waals surface area (Å²) >= 11 is 0. The molecule has 0 spiro atoms. The number of benzene rings is 1. The molecule has 2 amide bonds. The standard InChI is InChI=1S/C11H13N3O6S/c12-11(18)7-1-3-8(4-2-7)21(19,20)14-5-9(15)13-6-10(16)17/h1-4,14H,5-6H2,(H2,12,18)(H,13,15)(H,16,17). The summed E-state index contributed by atoms with van der Waals surface area (Å²) < 4.78 is 25.7. The molecule has 0 saturated carbocycles. The van der Waals surface area contributed by atoms with Gasteiger partial charge in [0.15, 0.2) is 0 Å².